The Balaban J connectivity index is 2.09. The highest BCUT2D eigenvalue weighted by Gasteiger charge is 2.13. The van der Waals surface area contributed by atoms with Crippen molar-refractivity contribution in [2.24, 2.45) is 0 Å². The molecule has 0 radical (unpaired) electrons. The number of carboxylic acid groups (broad SMARTS) is 2. The van der Waals surface area contributed by atoms with E-state index in [0.717, 1.165) is 11.6 Å². The second-order valence-electron chi connectivity index (χ2n) is 5.16. The molecule has 2 aromatic carbocycles. The number of amides is 1. The van der Waals surface area contributed by atoms with Crippen molar-refractivity contribution in [1.82, 2.24) is 0 Å². The van der Waals surface area contributed by atoms with Gasteiger partial charge in [-0.05, 0) is 48.9 Å². The zero-order valence-electron chi connectivity index (χ0n) is 13.1. The molecule has 0 spiro atoms. The van der Waals surface area contributed by atoms with E-state index in [1.165, 1.54) is 12.1 Å². The molecular weight excluding hydrogens is 350 g/mol. The molecule has 8 heteroatoms. The molecule has 0 fully saturated rings. The molecule has 0 atom stereocenters. The monoisotopic (exact) mass is 363 g/mol. The van der Waals surface area contributed by atoms with E-state index < -0.39 is 17.8 Å². The summed E-state index contributed by atoms with van der Waals surface area (Å²) in [5.74, 6) is -2.68. The molecule has 1 amide bonds. The van der Waals surface area contributed by atoms with E-state index in [-0.39, 0.29) is 23.4 Å². The minimum absolute atomic E-state index is 0.0544. The van der Waals surface area contributed by atoms with Crippen LogP contribution in [0.2, 0.25) is 5.02 Å². The first-order chi connectivity index (χ1) is 11.8. The molecule has 25 heavy (non-hydrogen) atoms. The zero-order valence-corrected chi connectivity index (χ0v) is 13.8. The van der Waals surface area contributed by atoms with Gasteiger partial charge in [-0.25, -0.2) is 9.59 Å². The van der Waals surface area contributed by atoms with Crippen LogP contribution in [-0.2, 0) is 4.79 Å². The maximum absolute atomic E-state index is 12.0. The molecule has 2 aromatic rings. The van der Waals surface area contributed by atoms with E-state index in [9.17, 15) is 14.4 Å². The lowest BCUT2D eigenvalue weighted by molar-refractivity contribution is -0.118. The quantitative estimate of drug-likeness (QED) is 0.727. The van der Waals surface area contributed by atoms with Gasteiger partial charge in [0.05, 0.1) is 11.1 Å². The van der Waals surface area contributed by atoms with E-state index in [4.69, 9.17) is 26.6 Å². The van der Waals surface area contributed by atoms with Crippen molar-refractivity contribution in [1.29, 1.82) is 0 Å². The van der Waals surface area contributed by atoms with Crippen LogP contribution in [0.25, 0.3) is 0 Å². The highest BCUT2D eigenvalue weighted by molar-refractivity contribution is 6.30. The normalized spacial score (nSPS) is 10.2. The number of benzene rings is 2. The third-order valence-corrected chi connectivity index (χ3v) is 3.44. The highest BCUT2D eigenvalue weighted by Crippen LogP contribution is 2.22. The lowest BCUT2D eigenvalue weighted by Crippen LogP contribution is -2.21. The molecule has 0 heterocycles. The lowest BCUT2D eigenvalue weighted by Gasteiger charge is -2.11. The van der Waals surface area contributed by atoms with Crippen LogP contribution in [0.1, 0.15) is 26.3 Å². The summed E-state index contributed by atoms with van der Waals surface area (Å²) in [6.07, 6.45) is 0. The van der Waals surface area contributed by atoms with Gasteiger partial charge in [0.1, 0.15) is 5.75 Å². The maximum atomic E-state index is 12.0. The summed E-state index contributed by atoms with van der Waals surface area (Å²) < 4.78 is 5.38. The lowest BCUT2D eigenvalue weighted by atomic mass is 10.1. The van der Waals surface area contributed by atoms with Gasteiger partial charge in [-0.15, -0.1) is 0 Å². The Hall–Kier alpha value is -3.06. The number of hydrogen-bond acceptors (Lipinski definition) is 4. The van der Waals surface area contributed by atoms with Gasteiger partial charge in [-0.2, -0.15) is 0 Å². The first-order valence-electron chi connectivity index (χ1n) is 7.07. The maximum Gasteiger partial charge on any atom is 0.335 e. The molecule has 0 unspecified atom stereocenters. The van der Waals surface area contributed by atoms with Gasteiger partial charge in [0.15, 0.2) is 6.61 Å². The van der Waals surface area contributed by atoms with Gasteiger partial charge in [-0.1, -0.05) is 11.6 Å². The van der Waals surface area contributed by atoms with Gasteiger partial charge < -0.3 is 20.3 Å². The van der Waals surface area contributed by atoms with Crippen molar-refractivity contribution in [2.75, 3.05) is 11.9 Å². The second kappa shape index (κ2) is 7.67. The number of anilines is 1. The van der Waals surface area contributed by atoms with Crippen molar-refractivity contribution < 1.29 is 29.3 Å². The Morgan fingerprint density at radius 3 is 2.16 bits per heavy atom. The largest absolute Gasteiger partial charge is 0.483 e. The Bertz CT molecular complexity index is 817. The number of aromatic carboxylic acids is 2. The van der Waals surface area contributed by atoms with Crippen LogP contribution in [0.3, 0.4) is 0 Å². The second-order valence-corrected chi connectivity index (χ2v) is 5.59. The van der Waals surface area contributed by atoms with Crippen molar-refractivity contribution in [3.63, 3.8) is 0 Å². The topological polar surface area (TPSA) is 113 Å². The summed E-state index contributed by atoms with van der Waals surface area (Å²) in [6, 6.07) is 8.27. The summed E-state index contributed by atoms with van der Waals surface area (Å²) in [4.78, 5) is 34.1. The molecule has 0 aliphatic rings. The first-order valence-corrected chi connectivity index (χ1v) is 7.44. The molecule has 7 nitrogen and oxygen atoms in total. The van der Waals surface area contributed by atoms with Gasteiger partial charge >= 0.3 is 11.9 Å². The number of aryl methyl sites for hydroxylation is 1. The highest BCUT2D eigenvalue weighted by atomic mass is 35.5. The van der Waals surface area contributed by atoms with Crippen molar-refractivity contribution in [2.45, 2.75) is 6.92 Å². The predicted molar refractivity (Wildman–Crippen MR) is 90.7 cm³/mol. The molecule has 0 aliphatic heterocycles. The number of rotatable bonds is 6. The molecule has 3 N–H and O–H groups in total. The molecule has 0 aromatic heterocycles. The summed E-state index contributed by atoms with van der Waals surface area (Å²) in [5.41, 5.74) is 0.314. The van der Waals surface area contributed by atoms with Crippen molar-refractivity contribution >= 4 is 35.1 Å². The number of ether oxygens (including phenoxy) is 1. The Morgan fingerprint density at radius 1 is 1.04 bits per heavy atom. The molecule has 130 valence electrons. The van der Waals surface area contributed by atoms with Crippen LogP contribution >= 0.6 is 11.6 Å². The van der Waals surface area contributed by atoms with Crippen LogP contribution in [0.4, 0.5) is 5.69 Å². The summed E-state index contributed by atoms with van der Waals surface area (Å²) in [6.45, 7) is 1.44. The third-order valence-electron chi connectivity index (χ3n) is 3.21. The van der Waals surface area contributed by atoms with Crippen molar-refractivity contribution in [3.8, 4) is 5.75 Å². The number of carbonyl (C=O) groups is 3. The van der Waals surface area contributed by atoms with E-state index in [1.807, 2.05) is 0 Å². The molecule has 2 rings (SSSR count). The minimum atomic E-state index is -1.30. The van der Waals surface area contributed by atoms with Gasteiger partial charge in [0.2, 0.25) is 0 Å². The summed E-state index contributed by atoms with van der Waals surface area (Å²) >= 11 is 5.84. The number of carboxylic acids is 2. The minimum Gasteiger partial charge on any atom is -0.483 e. The predicted octanol–water partition coefficient (Wildman–Crippen LogP) is 3.06. The molecular formula is C17H14ClNO6. The number of nitrogens with one attached hydrogen (secondary N) is 1. The Kier molecular flexibility index (Phi) is 5.61. The fourth-order valence-electron chi connectivity index (χ4n) is 2.06. The molecule has 0 bridgehead atoms. The van der Waals surface area contributed by atoms with Crippen LogP contribution < -0.4 is 10.1 Å². The van der Waals surface area contributed by atoms with Crippen LogP contribution in [0.15, 0.2) is 36.4 Å². The SMILES string of the molecule is Cc1cc(Cl)ccc1OCC(=O)Nc1cc(C(=O)O)cc(C(=O)O)c1. The Morgan fingerprint density at radius 2 is 1.64 bits per heavy atom. The summed E-state index contributed by atoms with van der Waals surface area (Å²) in [7, 11) is 0. The van der Waals surface area contributed by atoms with Crippen LogP contribution in [0, 0.1) is 6.92 Å². The average Bonchev–Trinajstić information content (AvgIpc) is 2.53. The number of hydrogen-bond donors (Lipinski definition) is 3. The van der Waals surface area contributed by atoms with Crippen LogP contribution in [0.5, 0.6) is 5.75 Å². The van der Waals surface area contributed by atoms with Gasteiger partial charge in [0.25, 0.3) is 5.91 Å². The van der Waals surface area contributed by atoms with Crippen molar-refractivity contribution in [3.05, 3.63) is 58.1 Å². The van der Waals surface area contributed by atoms with Gasteiger partial charge in [0, 0.05) is 10.7 Å². The number of halogens is 1. The van der Waals surface area contributed by atoms with Gasteiger partial charge in [-0.3, -0.25) is 4.79 Å². The van der Waals surface area contributed by atoms with E-state index >= 15 is 0 Å². The van der Waals surface area contributed by atoms with Crippen LogP contribution in [-0.4, -0.2) is 34.7 Å². The number of carbonyl (C=O) groups excluding carboxylic acids is 1. The standard InChI is InChI=1S/C17H14ClNO6/c1-9-4-12(18)2-3-14(9)25-8-15(20)19-13-6-10(16(21)22)5-11(7-13)17(23)24/h2-7H,8H2,1H3,(H,19,20)(H,21,22)(H,23,24). The molecule has 0 aliphatic carbocycles. The van der Waals surface area contributed by atoms with E-state index in [0.29, 0.717) is 10.8 Å². The zero-order chi connectivity index (χ0) is 18.6. The molecule has 0 saturated heterocycles. The molecule has 0 saturated carbocycles. The third kappa shape index (κ3) is 4.95. The van der Waals surface area contributed by atoms with E-state index in [2.05, 4.69) is 5.32 Å². The fourth-order valence-corrected chi connectivity index (χ4v) is 2.29. The summed E-state index contributed by atoms with van der Waals surface area (Å²) in [5, 5.41) is 21.0. The smallest absolute Gasteiger partial charge is 0.335 e. The van der Waals surface area contributed by atoms with E-state index in [1.54, 1.807) is 25.1 Å². The first kappa shape index (κ1) is 18.3. The Labute approximate surface area is 147 Å². The average molecular weight is 364 g/mol. The fraction of sp³-hybridized carbons (Fsp3) is 0.118.